The van der Waals surface area contributed by atoms with Crippen molar-refractivity contribution in [1.29, 1.82) is 0 Å². The first-order valence-corrected chi connectivity index (χ1v) is 14.7. The minimum atomic E-state index is -0.294. The van der Waals surface area contributed by atoms with E-state index in [9.17, 15) is 19.2 Å². The number of carbonyl (C=O) groups is 4. The van der Waals surface area contributed by atoms with E-state index in [1.54, 1.807) is 0 Å². The molecule has 0 aliphatic heterocycles. The van der Waals surface area contributed by atoms with E-state index in [2.05, 4.69) is 13.8 Å². The summed E-state index contributed by atoms with van der Waals surface area (Å²) in [5.41, 5.74) is 0.149. The molecule has 0 amide bonds. The Kier molecular flexibility index (Phi) is 8.26. The molecule has 0 N–H and O–H groups in total. The summed E-state index contributed by atoms with van der Waals surface area (Å²) in [5.74, 6) is 1.81. The predicted octanol–water partition coefficient (Wildman–Crippen LogP) is 5.94. The number of carbonyl (C=O) groups excluding carboxylic acids is 4. The second-order valence-electron chi connectivity index (χ2n) is 13.6. The van der Waals surface area contributed by atoms with Crippen LogP contribution in [0.25, 0.3) is 0 Å². The minimum Gasteiger partial charge on any atom is -0.466 e. The highest BCUT2D eigenvalue weighted by molar-refractivity contribution is 5.92. The number of esters is 2. The molecule has 208 valence electrons. The van der Waals surface area contributed by atoms with E-state index in [1.165, 1.54) is 13.8 Å². The molecule has 6 heteroatoms. The lowest BCUT2D eigenvalue weighted by atomic mass is 9.44. The van der Waals surface area contributed by atoms with Gasteiger partial charge in [-0.1, -0.05) is 27.7 Å². The van der Waals surface area contributed by atoms with E-state index < -0.39 is 0 Å². The van der Waals surface area contributed by atoms with Gasteiger partial charge in [-0.2, -0.15) is 0 Å². The van der Waals surface area contributed by atoms with Gasteiger partial charge in [0.25, 0.3) is 0 Å². The van der Waals surface area contributed by atoms with Gasteiger partial charge in [-0.25, -0.2) is 0 Å². The SMILES string of the molecule is CC(=O)OC[C@H](C)CCC(=O)[C@@H](C)[C@H]1C(=O)C[C@H]2[C@@H]3CCC4C[C@@H](OC(C)=O)CC[C@]4(C)[C@H]3CC[C@]12C. The van der Waals surface area contributed by atoms with Crippen molar-refractivity contribution in [2.24, 2.45) is 52.3 Å². The molecule has 4 aliphatic carbocycles. The normalized spacial score (nSPS) is 40.5. The average Bonchev–Trinajstić information content (AvgIpc) is 3.10. The Morgan fingerprint density at radius 1 is 0.946 bits per heavy atom. The van der Waals surface area contributed by atoms with Crippen molar-refractivity contribution in [3.8, 4) is 0 Å². The number of hydrogen-bond acceptors (Lipinski definition) is 6. The monoisotopic (exact) mass is 516 g/mol. The van der Waals surface area contributed by atoms with Crippen molar-refractivity contribution in [3.63, 3.8) is 0 Å². The van der Waals surface area contributed by atoms with Gasteiger partial charge in [0.2, 0.25) is 0 Å². The van der Waals surface area contributed by atoms with Crippen LogP contribution in [0.5, 0.6) is 0 Å². The molecule has 0 radical (unpaired) electrons. The summed E-state index contributed by atoms with van der Waals surface area (Å²) in [7, 11) is 0. The number of ether oxygens (including phenoxy) is 2. The lowest BCUT2D eigenvalue weighted by Gasteiger charge is -2.61. The molecule has 0 saturated heterocycles. The fraction of sp³-hybridized carbons (Fsp3) is 0.871. The van der Waals surface area contributed by atoms with Gasteiger partial charge in [0.15, 0.2) is 0 Å². The van der Waals surface area contributed by atoms with Gasteiger partial charge in [-0.15, -0.1) is 0 Å². The highest BCUT2D eigenvalue weighted by Crippen LogP contribution is 2.67. The van der Waals surface area contributed by atoms with E-state index in [-0.39, 0.29) is 52.4 Å². The van der Waals surface area contributed by atoms with Crippen molar-refractivity contribution in [3.05, 3.63) is 0 Å². The van der Waals surface area contributed by atoms with Crippen LogP contribution in [-0.4, -0.2) is 36.2 Å². The summed E-state index contributed by atoms with van der Waals surface area (Å²) in [6.45, 7) is 12.0. The summed E-state index contributed by atoms with van der Waals surface area (Å²) >= 11 is 0. The lowest BCUT2D eigenvalue weighted by Crippen LogP contribution is -2.54. The highest BCUT2D eigenvalue weighted by atomic mass is 16.5. The first-order chi connectivity index (χ1) is 17.4. The summed E-state index contributed by atoms with van der Waals surface area (Å²) in [6, 6.07) is 0. The van der Waals surface area contributed by atoms with Crippen LogP contribution in [0.15, 0.2) is 0 Å². The number of hydrogen-bond donors (Lipinski definition) is 0. The van der Waals surface area contributed by atoms with Crippen LogP contribution in [0, 0.1) is 52.3 Å². The molecule has 0 aromatic carbocycles. The first kappa shape index (κ1) is 28.3. The molecule has 0 heterocycles. The molecule has 37 heavy (non-hydrogen) atoms. The Hall–Kier alpha value is -1.72. The summed E-state index contributed by atoms with van der Waals surface area (Å²) < 4.78 is 10.7. The number of ketones is 2. The van der Waals surface area contributed by atoms with Crippen LogP contribution in [0.2, 0.25) is 0 Å². The van der Waals surface area contributed by atoms with Gasteiger partial charge in [0.05, 0.1) is 6.61 Å². The van der Waals surface area contributed by atoms with Crippen molar-refractivity contribution in [1.82, 2.24) is 0 Å². The molecule has 4 aliphatic rings. The zero-order chi connectivity index (χ0) is 27.1. The Morgan fingerprint density at radius 2 is 1.65 bits per heavy atom. The zero-order valence-corrected chi connectivity index (χ0v) is 23.8. The fourth-order valence-electron chi connectivity index (χ4n) is 9.39. The molecule has 0 bridgehead atoms. The van der Waals surface area contributed by atoms with Crippen molar-refractivity contribution in [2.45, 2.75) is 112 Å². The molecule has 0 aromatic rings. The van der Waals surface area contributed by atoms with Crippen LogP contribution < -0.4 is 0 Å². The van der Waals surface area contributed by atoms with E-state index >= 15 is 0 Å². The van der Waals surface area contributed by atoms with E-state index in [4.69, 9.17) is 9.47 Å². The van der Waals surface area contributed by atoms with Gasteiger partial charge in [-0.05, 0) is 91.8 Å². The molecule has 10 atom stereocenters. The maximum atomic E-state index is 13.5. The van der Waals surface area contributed by atoms with Gasteiger partial charge in [0, 0.05) is 38.5 Å². The van der Waals surface area contributed by atoms with Crippen LogP contribution in [0.3, 0.4) is 0 Å². The molecule has 0 aromatic heterocycles. The maximum Gasteiger partial charge on any atom is 0.302 e. The molecular formula is C31H48O6. The second kappa shape index (κ2) is 10.8. The molecule has 6 nitrogen and oxygen atoms in total. The molecule has 4 saturated carbocycles. The summed E-state index contributed by atoms with van der Waals surface area (Å²) in [4.78, 5) is 49.4. The van der Waals surface area contributed by atoms with Gasteiger partial charge in [-0.3, -0.25) is 19.2 Å². The quantitative estimate of drug-likeness (QED) is 0.371. The molecule has 4 rings (SSSR count). The van der Waals surface area contributed by atoms with Crippen molar-refractivity contribution >= 4 is 23.5 Å². The molecule has 4 fully saturated rings. The molecule has 1 unspecified atom stereocenters. The summed E-state index contributed by atoms with van der Waals surface area (Å²) in [5, 5.41) is 0. The fourth-order valence-corrected chi connectivity index (χ4v) is 9.39. The van der Waals surface area contributed by atoms with E-state index in [1.807, 2.05) is 13.8 Å². The number of fused-ring (bicyclic) bond motifs is 5. The third-order valence-electron chi connectivity index (χ3n) is 11.3. The van der Waals surface area contributed by atoms with Gasteiger partial charge >= 0.3 is 11.9 Å². The van der Waals surface area contributed by atoms with Crippen LogP contribution in [0.4, 0.5) is 0 Å². The minimum absolute atomic E-state index is 0.0574. The number of Topliss-reactive ketones (excluding diaryl/α,β-unsaturated/α-hetero) is 2. The second-order valence-corrected chi connectivity index (χ2v) is 13.6. The Labute approximate surface area is 223 Å². The first-order valence-electron chi connectivity index (χ1n) is 14.7. The van der Waals surface area contributed by atoms with E-state index in [0.29, 0.717) is 55.3 Å². The van der Waals surface area contributed by atoms with Crippen LogP contribution >= 0.6 is 0 Å². The standard InChI is InChI=1S/C31H48O6/c1-18(17-36-20(3)32)7-10-27(34)19(2)29-28(35)16-26-24-9-8-22-15-23(37-21(4)33)11-13-30(22,5)25(24)12-14-31(26,29)6/h18-19,22-26,29H,7-17H2,1-6H3/t18-,19-,22?,23+,24-,25+,26+,29+,30+,31+/m1/s1. The van der Waals surface area contributed by atoms with E-state index in [0.717, 1.165) is 44.9 Å². The van der Waals surface area contributed by atoms with Crippen molar-refractivity contribution < 1.29 is 28.7 Å². The Morgan fingerprint density at radius 3 is 2.32 bits per heavy atom. The third-order valence-corrected chi connectivity index (χ3v) is 11.3. The topological polar surface area (TPSA) is 86.7 Å². The number of rotatable bonds is 8. The van der Waals surface area contributed by atoms with Crippen LogP contribution in [-0.2, 0) is 28.7 Å². The lowest BCUT2D eigenvalue weighted by molar-refractivity contribution is -0.160. The Bertz CT molecular complexity index is 911. The largest absolute Gasteiger partial charge is 0.466 e. The van der Waals surface area contributed by atoms with Gasteiger partial charge in [0.1, 0.15) is 17.7 Å². The predicted molar refractivity (Wildman–Crippen MR) is 140 cm³/mol. The Balaban J connectivity index is 1.42. The van der Waals surface area contributed by atoms with Crippen molar-refractivity contribution in [2.75, 3.05) is 6.61 Å². The smallest absolute Gasteiger partial charge is 0.302 e. The molecular weight excluding hydrogens is 468 g/mol. The van der Waals surface area contributed by atoms with Gasteiger partial charge < -0.3 is 9.47 Å². The zero-order valence-electron chi connectivity index (χ0n) is 23.8. The highest BCUT2D eigenvalue weighted by Gasteiger charge is 2.63. The third kappa shape index (κ3) is 5.41. The van der Waals surface area contributed by atoms with Crippen LogP contribution in [0.1, 0.15) is 106 Å². The summed E-state index contributed by atoms with van der Waals surface area (Å²) in [6.07, 6.45) is 9.26. The maximum absolute atomic E-state index is 13.5. The molecule has 0 spiro atoms. The average molecular weight is 517 g/mol.